The number of nitrogens with zero attached hydrogens (tertiary/aromatic N) is 2. The molecule has 2 aromatic rings. The number of hydrogen-bond acceptors (Lipinski definition) is 4. The average Bonchev–Trinajstić information content (AvgIpc) is 2.70. The highest BCUT2D eigenvalue weighted by molar-refractivity contribution is 6.30. The van der Waals surface area contributed by atoms with Gasteiger partial charge in [-0.05, 0) is 56.7 Å². The summed E-state index contributed by atoms with van der Waals surface area (Å²) >= 11 is 5.99. The maximum atomic E-state index is 13.1. The number of ether oxygens (including phenoxy) is 1. The summed E-state index contributed by atoms with van der Waals surface area (Å²) in [6, 6.07) is 11.7. The van der Waals surface area contributed by atoms with Crippen LogP contribution in [0.5, 0.6) is 5.75 Å². The average molecular weight is 435 g/mol. The van der Waals surface area contributed by atoms with Gasteiger partial charge < -0.3 is 14.7 Å². The molecule has 3 rings (SSSR count). The molecule has 0 saturated carbocycles. The summed E-state index contributed by atoms with van der Waals surface area (Å²) in [6.45, 7) is 7.67. The molecule has 1 aliphatic rings. The summed E-state index contributed by atoms with van der Waals surface area (Å²) in [4.78, 5) is 17.0. The molecule has 1 aliphatic heterocycles. The number of benzene rings is 2. The van der Waals surface area contributed by atoms with Gasteiger partial charge in [0, 0.05) is 42.3 Å². The largest absolute Gasteiger partial charge is 0.483 e. The van der Waals surface area contributed by atoms with Gasteiger partial charge in [0.25, 0.3) is 5.91 Å². The van der Waals surface area contributed by atoms with Crippen molar-refractivity contribution in [3.63, 3.8) is 0 Å². The second kappa shape index (κ2) is 9.77. The van der Waals surface area contributed by atoms with Crippen LogP contribution < -0.4 is 4.74 Å². The zero-order valence-corrected chi connectivity index (χ0v) is 18.3. The fourth-order valence-corrected chi connectivity index (χ4v) is 3.97. The van der Waals surface area contributed by atoms with Crippen LogP contribution in [0.4, 0.5) is 4.39 Å². The van der Waals surface area contributed by atoms with Gasteiger partial charge in [-0.15, -0.1) is 0 Å². The Bertz CT molecular complexity index is 875. The Morgan fingerprint density at radius 3 is 2.57 bits per heavy atom. The summed E-state index contributed by atoms with van der Waals surface area (Å²) in [7, 11) is 0. The zero-order chi connectivity index (χ0) is 21.8. The Morgan fingerprint density at radius 2 is 1.90 bits per heavy atom. The number of piperazine rings is 1. The SMILES string of the molecule is CC(O)c1cc(Cl)ccc1OCC(=O)N1C[C@@H](C)N(Cc2ccc(F)cc2)C[C@@H]1C. The van der Waals surface area contributed by atoms with E-state index in [2.05, 4.69) is 11.8 Å². The van der Waals surface area contributed by atoms with E-state index in [0.29, 0.717) is 29.4 Å². The Balaban J connectivity index is 1.59. The van der Waals surface area contributed by atoms with Gasteiger partial charge >= 0.3 is 0 Å². The Labute approximate surface area is 182 Å². The fraction of sp³-hybridized carbons (Fsp3) is 0.435. The van der Waals surface area contributed by atoms with Crippen LogP contribution in [0.25, 0.3) is 0 Å². The van der Waals surface area contributed by atoms with Crippen molar-refractivity contribution in [3.8, 4) is 5.75 Å². The predicted octanol–water partition coefficient (Wildman–Crippen LogP) is 4.03. The summed E-state index contributed by atoms with van der Waals surface area (Å²) < 4.78 is 18.9. The molecular weight excluding hydrogens is 407 g/mol. The molecule has 1 unspecified atom stereocenters. The maximum Gasteiger partial charge on any atom is 0.260 e. The second-order valence-corrected chi connectivity index (χ2v) is 8.38. The topological polar surface area (TPSA) is 53.0 Å². The van der Waals surface area contributed by atoms with Crippen molar-refractivity contribution in [3.05, 3.63) is 64.4 Å². The Morgan fingerprint density at radius 1 is 1.20 bits per heavy atom. The van der Waals surface area contributed by atoms with E-state index < -0.39 is 6.10 Å². The summed E-state index contributed by atoms with van der Waals surface area (Å²) in [6.07, 6.45) is -0.747. The Kier molecular flexibility index (Phi) is 7.34. The van der Waals surface area contributed by atoms with Gasteiger partial charge in [-0.1, -0.05) is 23.7 Å². The van der Waals surface area contributed by atoms with Crippen LogP contribution in [-0.4, -0.2) is 52.6 Å². The number of amides is 1. The number of halogens is 2. The van der Waals surface area contributed by atoms with Crippen molar-refractivity contribution in [1.82, 2.24) is 9.80 Å². The maximum absolute atomic E-state index is 13.1. The highest BCUT2D eigenvalue weighted by Gasteiger charge is 2.32. The van der Waals surface area contributed by atoms with Gasteiger partial charge in [0.1, 0.15) is 11.6 Å². The summed E-state index contributed by atoms with van der Waals surface area (Å²) in [5, 5.41) is 10.4. The van der Waals surface area contributed by atoms with E-state index in [1.54, 1.807) is 37.3 Å². The normalized spacial score (nSPS) is 20.8. The van der Waals surface area contributed by atoms with Crippen molar-refractivity contribution in [2.75, 3.05) is 19.7 Å². The van der Waals surface area contributed by atoms with E-state index in [1.165, 1.54) is 12.1 Å². The molecule has 1 fully saturated rings. The third kappa shape index (κ3) is 5.50. The molecular formula is C23H28ClFN2O3. The van der Waals surface area contributed by atoms with Crippen LogP contribution in [0.2, 0.25) is 5.02 Å². The second-order valence-electron chi connectivity index (χ2n) is 7.95. The van der Waals surface area contributed by atoms with E-state index >= 15 is 0 Å². The van der Waals surface area contributed by atoms with Crippen LogP contribution in [0.15, 0.2) is 42.5 Å². The standard InChI is InChI=1S/C23H28ClFN2O3/c1-15-12-27(16(2)11-26(15)13-18-4-7-20(25)8-5-18)23(29)14-30-22-9-6-19(24)10-21(22)17(3)28/h4-10,15-17,28H,11-14H2,1-3H3/t15-,16+,17?/m1/s1. The molecule has 30 heavy (non-hydrogen) atoms. The lowest BCUT2D eigenvalue weighted by atomic mass is 10.1. The van der Waals surface area contributed by atoms with Gasteiger partial charge in [0.15, 0.2) is 6.61 Å². The Hall–Kier alpha value is -2.15. The first-order valence-corrected chi connectivity index (χ1v) is 10.5. The molecule has 7 heteroatoms. The molecule has 162 valence electrons. The molecule has 0 aliphatic carbocycles. The molecule has 5 nitrogen and oxygen atoms in total. The van der Waals surface area contributed by atoms with Crippen LogP contribution in [-0.2, 0) is 11.3 Å². The number of rotatable bonds is 6. The van der Waals surface area contributed by atoms with Gasteiger partial charge in [-0.2, -0.15) is 0 Å². The minimum absolute atomic E-state index is 0.0270. The zero-order valence-electron chi connectivity index (χ0n) is 17.5. The lowest BCUT2D eigenvalue weighted by Crippen LogP contribution is -2.58. The molecule has 1 heterocycles. The van der Waals surface area contributed by atoms with Gasteiger partial charge in [0.05, 0.1) is 6.10 Å². The van der Waals surface area contributed by atoms with Crippen molar-refractivity contribution in [1.29, 1.82) is 0 Å². The van der Waals surface area contributed by atoms with E-state index in [1.807, 2.05) is 11.8 Å². The molecule has 0 spiro atoms. The lowest BCUT2D eigenvalue weighted by molar-refractivity contribution is -0.139. The highest BCUT2D eigenvalue weighted by Crippen LogP contribution is 2.28. The molecule has 0 bridgehead atoms. The molecule has 0 aromatic heterocycles. The number of carbonyl (C=O) groups is 1. The first-order chi connectivity index (χ1) is 14.2. The summed E-state index contributed by atoms with van der Waals surface area (Å²) in [5.74, 6) is 0.121. The highest BCUT2D eigenvalue weighted by atomic mass is 35.5. The molecule has 0 radical (unpaired) electrons. The lowest BCUT2D eigenvalue weighted by Gasteiger charge is -2.44. The van der Waals surface area contributed by atoms with E-state index in [0.717, 1.165) is 12.1 Å². The third-order valence-electron chi connectivity index (χ3n) is 5.51. The van der Waals surface area contributed by atoms with Gasteiger partial charge in [-0.3, -0.25) is 9.69 Å². The minimum Gasteiger partial charge on any atom is -0.483 e. The molecule has 1 saturated heterocycles. The molecule has 1 amide bonds. The van der Waals surface area contributed by atoms with Crippen LogP contribution in [0.3, 0.4) is 0 Å². The first-order valence-electron chi connectivity index (χ1n) is 10.1. The van der Waals surface area contributed by atoms with Gasteiger partial charge in [-0.25, -0.2) is 4.39 Å². The van der Waals surface area contributed by atoms with E-state index in [-0.39, 0.29) is 30.4 Å². The quantitative estimate of drug-likeness (QED) is 0.745. The van der Waals surface area contributed by atoms with Crippen molar-refractivity contribution >= 4 is 17.5 Å². The monoisotopic (exact) mass is 434 g/mol. The van der Waals surface area contributed by atoms with Crippen molar-refractivity contribution in [2.24, 2.45) is 0 Å². The number of carbonyl (C=O) groups excluding carboxylic acids is 1. The first kappa shape index (κ1) is 22.5. The van der Waals surface area contributed by atoms with E-state index in [4.69, 9.17) is 16.3 Å². The molecule has 1 N–H and O–H groups in total. The van der Waals surface area contributed by atoms with Crippen LogP contribution in [0, 0.1) is 5.82 Å². The van der Waals surface area contributed by atoms with Crippen molar-refractivity contribution < 1.29 is 19.0 Å². The van der Waals surface area contributed by atoms with Gasteiger partial charge in [0.2, 0.25) is 0 Å². The summed E-state index contributed by atoms with van der Waals surface area (Å²) in [5.41, 5.74) is 1.60. The minimum atomic E-state index is -0.747. The number of aliphatic hydroxyl groups is 1. The number of hydrogen-bond donors (Lipinski definition) is 1. The van der Waals surface area contributed by atoms with E-state index in [9.17, 15) is 14.3 Å². The third-order valence-corrected chi connectivity index (χ3v) is 5.74. The predicted molar refractivity (Wildman–Crippen MR) is 115 cm³/mol. The van der Waals surface area contributed by atoms with Crippen LogP contribution in [0.1, 0.15) is 38.0 Å². The molecule has 2 aromatic carbocycles. The smallest absolute Gasteiger partial charge is 0.260 e. The number of aliphatic hydroxyl groups excluding tert-OH is 1. The fourth-order valence-electron chi connectivity index (χ4n) is 3.79. The van der Waals surface area contributed by atoms with Crippen LogP contribution >= 0.6 is 11.6 Å². The van der Waals surface area contributed by atoms with Crippen molar-refractivity contribution in [2.45, 2.75) is 45.5 Å². The molecule has 3 atom stereocenters.